The van der Waals surface area contributed by atoms with Crippen LogP contribution in [0.3, 0.4) is 0 Å². The molecule has 0 amide bonds. The number of piperidine rings is 1. The van der Waals surface area contributed by atoms with Gasteiger partial charge in [-0.25, -0.2) is 0 Å². The van der Waals surface area contributed by atoms with Crippen molar-refractivity contribution >= 4 is 0 Å². The van der Waals surface area contributed by atoms with Crippen LogP contribution in [0.4, 0.5) is 0 Å². The first-order valence-corrected chi connectivity index (χ1v) is 8.33. The first kappa shape index (κ1) is 13.4. The minimum Gasteiger partial charge on any atom is -0.312 e. The summed E-state index contributed by atoms with van der Waals surface area (Å²) in [4.78, 5) is 2.66. The third kappa shape index (κ3) is 2.49. The lowest BCUT2D eigenvalue weighted by molar-refractivity contribution is -0.00978. The molecule has 4 heterocycles. The van der Waals surface area contributed by atoms with Gasteiger partial charge < -0.3 is 5.32 Å². The SMILES string of the molecule is C1CNC2C(C1)CNNC2C1CN(C2CCNNC2)C1. The summed E-state index contributed by atoms with van der Waals surface area (Å²) in [5.74, 6) is 1.63. The monoisotopic (exact) mass is 280 g/mol. The zero-order valence-corrected chi connectivity index (χ0v) is 12.2. The molecule has 4 aliphatic rings. The average Bonchev–Trinajstić information content (AvgIpc) is 2.47. The van der Waals surface area contributed by atoms with Crippen LogP contribution < -0.4 is 27.0 Å². The molecule has 4 saturated heterocycles. The Labute approximate surface area is 121 Å². The van der Waals surface area contributed by atoms with E-state index in [1.54, 1.807) is 0 Å². The van der Waals surface area contributed by atoms with E-state index in [2.05, 4.69) is 31.9 Å². The zero-order valence-electron chi connectivity index (χ0n) is 12.2. The maximum absolute atomic E-state index is 3.77. The minimum absolute atomic E-state index is 0.611. The normalized spacial score (nSPS) is 43.8. The number of hydrazine groups is 2. The highest BCUT2D eigenvalue weighted by atomic mass is 15.4. The predicted molar refractivity (Wildman–Crippen MR) is 78.9 cm³/mol. The summed E-state index contributed by atoms with van der Waals surface area (Å²) in [6.07, 6.45) is 4.00. The van der Waals surface area contributed by atoms with Crippen molar-refractivity contribution in [3.63, 3.8) is 0 Å². The summed E-state index contributed by atoms with van der Waals surface area (Å²) in [7, 11) is 0. The molecule has 0 aliphatic carbocycles. The smallest absolute Gasteiger partial charge is 0.0422 e. The molecule has 0 aromatic rings. The maximum Gasteiger partial charge on any atom is 0.0422 e. The number of hydrogen-bond acceptors (Lipinski definition) is 6. The van der Waals surface area contributed by atoms with Crippen LogP contribution in [0.2, 0.25) is 0 Å². The topological polar surface area (TPSA) is 63.4 Å². The van der Waals surface area contributed by atoms with Crippen LogP contribution in [0.25, 0.3) is 0 Å². The average molecular weight is 280 g/mol. The van der Waals surface area contributed by atoms with Gasteiger partial charge >= 0.3 is 0 Å². The van der Waals surface area contributed by atoms with Crippen molar-refractivity contribution in [2.45, 2.75) is 37.4 Å². The number of nitrogens with zero attached hydrogens (tertiary/aromatic N) is 1. The first-order valence-electron chi connectivity index (χ1n) is 8.33. The van der Waals surface area contributed by atoms with Gasteiger partial charge in [0.1, 0.15) is 0 Å². The fraction of sp³-hybridized carbons (Fsp3) is 1.00. The van der Waals surface area contributed by atoms with E-state index in [-0.39, 0.29) is 0 Å². The second-order valence-electron chi connectivity index (χ2n) is 6.90. The molecule has 4 fully saturated rings. The van der Waals surface area contributed by atoms with Gasteiger partial charge in [-0.1, -0.05) is 0 Å². The standard InChI is InChI=1S/C14H28N6/c1-2-10-6-18-19-14(13(10)15-4-1)11-8-20(9-11)12-3-5-16-17-7-12/h10-19H,1-9H2. The number of nitrogens with one attached hydrogen (secondary N) is 5. The third-order valence-corrected chi connectivity index (χ3v) is 5.69. The van der Waals surface area contributed by atoms with E-state index in [0.717, 1.165) is 37.5 Å². The summed E-state index contributed by atoms with van der Waals surface area (Å²) in [6, 6.07) is 2.03. The fourth-order valence-electron chi connectivity index (χ4n) is 4.44. The first-order chi connectivity index (χ1) is 9.92. The van der Waals surface area contributed by atoms with E-state index >= 15 is 0 Å². The van der Waals surface area contributed by atoms with Crippen LogP contribution in [0.5, 0.6) is 0 Å². The van der Waals surface area contributed by atoms with Gasteiger partial charge in [-0.2, -0.15) is 0 Å². The lowest BCUT2D eigenvalue weighted by Gasteiger charge is -2.53. The van der Waals surface area contributed by atoms with E-state index in [0.29, 0.717) is 12.1 Å². The Morgan fingerprint density at radius 3 is 2.60 bits per heavy atom. The van der Waals surface area contributed by atoms with E-state index in [4.69, 9.17) is 0 Å². The molecule has 4 atom stereocenters. The maximum atomic E-state index is 3.77. The molecule has 0 bridgehead atoms. The van der Waals surface area contributed by atoms with Crippen molar-refractivity contribution < 1.29 is 0 Å². The van der Waals surface area contributed by atoms with Gasteiger partial charge in [0.25, 0.3) is 0 Å². The molecule has 4 aliphatic heterocycles. The van der Waals surface area contributed by atoms with Crippen molar-refractivity contribution in [3.05, 3.63) is 0 Å². The molecule has 0 spiro atoms. The lowest BCUT2D eigenvalue weighted by Crippen LogP contribution is -2.72. The molecular formula is C14H28N6. The minimum atomic E-state index is 0.611. The lowest BCUT2D eigenvalue weighted by atomic mass is 9.77. The molecule has 114 valence electrons. The third-order valence-electron chi connectivity index (χ3n) is 5.69. The molecule has 6 nitrogen and oxygen atoms in total. The summed E-state index contributed by atoms with van der Waals surface area (Å²) in [6.45, 7) is 7.04. The molecule has 0 saturated carbocycles. The Bertz CT molecular complexity index is 324. The van der Waals surface area contributed by atoms with Crippen LogP contribution in [-0.4, -0.2) is 62.3 Å². The second-order valence-corrected chi connectivity index (χ2v) is 6.90. The quantitative estimate of drug-likeness (QED) is 0.430. The van der Waals surface area contributed by atoms with Crippen LogP contribution in [0, 0.1) is 11.8 Å². The summed E-state index contributed by atoms with van der Waals surface area (Å²) >= 11 is 0. The van der Waals surface area contributed by atoms with Gasteiger partial charge in [-0.05, 0) is 31.7 Å². The number of rotatable bonds is 2. The Kier molecular flexibility index (Phi) is 3.94. The van der Waals surface area contributed by atoms with Crippen molar-refractivity contribution in [2.24, 2.45) is 11.8 Å². The molecule has 4 unspecified atom stereocenters. The van der Waals surface area contributed by atoms with E-state index in [1.165, 1.54) is 38.9 Å². The Morgan fingerprint density at radius 2 is 1.75 bits per heavy atom. The number of hydrogen-bond donors (Lipinski definition) is 5. The van der Waals surface area contributed by atoms with Crippen LogP contribution in [-0.2, 0) is 0 Å². The molecular weight excluding hydrogens is 252 g/mol. The van der Waals surface area contributed by atoms with Crippen LogP contribution in [0.15, 0.2) is 0 Å². The fourth-order valence-corrected chi connectivity index (χ4v) is 4.44. The van der Waals surface area contributed by atoms with Crippen molar-refractivity contribution in [3.8, 4) is 0 Å². The highest BCUT2D eigenvalue weighted by Gasteiger charge is 2.44. The summed E-state index contributed by atoms with van der Waals surface area (Å²) in [5.41, 5.74) is 13.5. The van der Waals surface area contributed by atoms with Gasteiger partial charge in [-0.3, -0.25) is 26.6 Å². The van der Waals surface area contributed by atoms with E-state index in [9.17, 15) is 0 Å². The summed E-state index contributed by atoms with van der Waals surface area (Å²) < 4.78 is 0. The number of fused-ring (bicyclic) bond motifs is 1. The van der Waals surface area contributed by atoms with Gasteiger partial charge in [0, 0.05) is 56.8 Å². The van der Waals surface area contributed by atoms with Gasteiger partial charge in [-0.15, -0.1) is 0 Å². The van der Waals surface area contributed by atoms with Crippen molar-refractivity contribution in [1.82, 2.24) is 31.9 Å². The summed E-state index contributed by atoms with van der Waals surface area (Å²) in [5, 5.41) is 3.77. The van der Waals surface area contributed by atoms with Crippen LogP contribution in [0.1, 0.15) is 19.3 Å². The second kappa shape index (κ2) is 5.87. The molecule has 0 radical (unpaired) electrons. The molecule has 4 rings (SSSR count). The zero-order chi connectivity index (χ0) is 13.4. The number of likely N-dealkylation sites (tertiary alicyclic amines) is 1. The predicted octanol–water partition coefficient (Wildman–Crippen LogP) is -1.37. The molecule has 20 heavy (non-hydrogen) atoms. The Balaban J connectivity index is 1.32. The Hall–Kier alpha value is -0.240. The van der Waals surface area contributed by atoms with Crippen molar-refractivity contribution in [2.75, 3.05) is 39.3 Å². The van der Waals surface area contributed by atoms with Gasteiger partial charge in [0.2, 0.25) is 0 Å². The van der Waals surface area contributed by atoms with Crippen LogP contribution >= 0.6 is 0 Å². The molecule has 5 N–H and O–H groups in total. The van der Waals surface area contributed by atoms with E-state index in [1.807, 2.05) is 0 Å². The van der Waals surface area contributed by atoms with E-state index < -0.39 is 0 Å². The molecule has 0 aromatic heterocycles. The van der Waals surface area contributed by atoms with Crippen molar-refractivity contribution in [1.29, 1.82) is 0 Å². The van der Waals surface area contributed by atoms with Gasteiger partial charge in [0.15, 0.2) is 0 Å². The van der Waals surface area contributed by atoms with Gasteiger partial charge in [0.05, 0.1) is 0 Å². The molecule has 0 aromatic carbocycles. The highest BCUT2D eigenvalue weighted by molar-refractivity contribution is 5.02. The Morgan fingerprint density at radius 1 is 0.800 bits per heavy atom. The largest absolute Gasteiger partial charge is 0.312 e. The highest BCUT2D eigenvalue weighted by Crippen LogP contribution is 2.30. The molecule has 6 heteroatoms.